The van der Waals surface area contributed by atoms with Crippen LogP contribution in [0.15, 0.2) is 59.3 Å². The van der Waals surface area contributed by atoms with Crippen LogP contribution in [-0.2, 0) is 11.2 Å². The average molecular weight is 375 g/mol. The van der Waals surface area contributed by atoms with E-state index in [9.17, 15) is 9.59 Å². The van der Waals surface area contributed by atoms with Crippen molar-refractivity contribution in [2.45, 2.75) is 13.3 Å². The van der Waals surface area contributed by atoms with E-state index in [2.05, 4.69) is 25.8 Å². The number of aromatic nitrogens is 3. The van der Waals surface area contributed by atoms with Crippen molar-refractivity contribution in [1.82, 2.24) is 15.1 Å². The van der Waals surface area contributed by atoms with E-state index in [0.29, 0.717) is 23.0 Å². The molecule has 0 aliphatic rings. The number of aromatic amines is 1. The second-order valence-electron chi connectivity index (χ2n) is 6.27. The number of rotatable bonds is 5. The summed E-state index contributed by atoms with van der Waals surface area (Å²) in [5.41, 5.74) is 3.47. The molecule has 4 rings (SSSR count). The summed E-state index contributed by atoms with van der Waals surface area (Å²) < 4.78 is 4.89. The van der Waals surface area contributed by atoms with Crippen LogP contribution >= 0.6 is 0 Å². The molecule has 2 aromatic heterocycles. The Bertz CT molecular complexity index is 1110. The first-order chi connectivity index (χ1) is 13.6. The lowest BCUT2D eigenvalue weighted by atomic mass is 10.1. The number of nitrogens with one attached hydrogen (secondary N) is 3. The number of benzene rings is 2. The minimum absolute atomic E-state index is 0.184. The van der Waals surface area contributed by atoms with E-state index < -0.39 is 0 Å². The third-order valence-electron chi connectivity index (χ3n) is 4.22. The second-order valence-corrected chi connectivity index (χ2v) is 6.27. The van der Waals surface area contributed by atoms with Crippen molar-refractivity contribution in [3.8, 4) is 0 Å². The summed E-state index contributed by atoms with van der Waals surface area (Å²) >= 11 is 0. The molecular formula is C20H17N5O3. The highest BCUT2D eigenvalue weighted by Gasteiger charge is 2.13. The van der Waals surface area contributed by atoms with Gasteiger partial charge in [-0.1, -0.05) is 29.4 Å². The van der Waals surface area contributed by atoms with E-state index in [4.69, 9.17) is 4.52 Å². The van der Waals surface area contributed by atoms with Crippen molar-refractivity contribution in [2.75, 3.05) is 10.6 Å². The first-order valence-corrected chi connectivity index (χ1v) is 8.64. The fraction of sp³-hybridized carbons (Fsp3) is 0.100. The van der Waals surface area contributed by atoms with Crippen molar-refractivity contribution in [1.29, 1.82) is 0 Å². The first-order valence-electron chi connectivity index (χ1n) is 8.64. The van der Waals surface area contributed by atoms with Crippen LogP contribution in [0, 0.1) is 6.92 Å². The smallest absolute Gasteiger partial charge is 0.260 e. The molecule has 0 fully saturated rings. The van der Waals surface area contributed by atoms with Crippen LogP contribution in [0.1, 0.15) is 21.7 Å². The maximum Gasteiger partial charge on any atom is 0.260 e. The van der Waals surface area contributed by atoms with Crippen LogP contribution in [0.4, 0.5) is 11.6 Å². The van der Waals surface area contributed by atoms with E-state index >= 15 is 0 Å². The average Bonchev–Trinajstić information content (AvgIpc) is 3.28. The number of para-hydroxylation sites is 2. The Labute approximate surface area is 160 Å². The minimum atomic E-state index is -0.297. The van der Waals surface area contributed by atoms with Crippen molar-refractivity contribution in [3.05, 3.63) is 71.6 Å². The molecule has 0 saturated carbocycles. The van der Waals surface area contributed by atoms with Gasteiger partial charge in [-0.2, -0.15) is 0 Å². The van der Waals surface area contributed by atoms with Crippen LogP contribution in [0.25, 0.3) is 11.0 Å². The van der Waals surface area contributed by atoms with Gasteiger partial charge in [0, 0.05) is 5.69 Å². The zero-order valence-corrected chi connectivity index (χ0v) is 15.0. The van der Waals surface area contributed by atoms with Gasteiger partial charge in [0.25, 0.3) is 5.91 Å². The van der Waals surface area contributed by atoms with E-state index in [0.717, 1.165) is 16.6 Å². The molecule has 0 unspecified atom stereocenters. The van der Waals surface area contributed by atoms with Crippen LogP contribution < -0.4 is 10.6 Å². The Morgan fingerprint density at radius 1 is 1.07 bits per heavy atom. The van der Waals surface area contributed by atoms with Gasteiger partial charge < -0.3 is 14.8 Å². The summed E-state index contributed by atoms with van der Waals surface area (Å²) in [6.45, 7) is 1.67. The van der Waals surface area contributed by atoms with Crippen LogP contribution in [0.2, 0.25) is 0 Å². The molecule has 0 atom stereocenters. The Morgan fingerprint density at radius 2 is 1.86 bits per heavy atom. The molecule has 2 aromatic carbocycles. The SMILES string of the molecule is Cc1oncc1C(=O)Nc1ccc(CC(=O)Nc2nc3ccccc3[nH]2)cc1. The lowest BCUT2D eigenvalue weighted by molar-refractivity contribution is -0.115. The molecule has 0 spiro atoms. The Morgan fingerprint density at radius 3 is 2.57 bits per heavy atom. The Kier molecular flexibility index (Phi) is 4.59. The normalized spacial score (nSPS) is 10.8. The van der Waals surface area contributed by atoms with Crippen molar-refractivity contribution in [3.63, 3.8) is 0 Å². The molecule has 0 aliphatic carbocycles. The summed E-state index contributed by atoms with van der Waals surface area (Å²) in [4.78, 5) is 31.8. The number of nitrogens with zero attached hydrogens (tertiary/aromatic N) is 2. The zero-order valence-electron chi connectivity index (χ0n) is 15.0. The largest absolute Gasteiger partial charge is 0.361 e. The predicted octanol–water partition coefficient (Wildman–Crippen LogP) is 3.29. The van der Waals surface area contributed by atoms with Crippen LogP contribution in [0.5, 0.6) is 0 Å². The van der Waals surface area contributed by atoms with Crippen LogP contribution in [0.3, 0.4) is 0 Å². The number of carbonyl (C=O) groups is 2. The van der Waals surface area contributed by atoms with Gasteiger partial charge >= 0.3 is 0 Å². The summed E-state index contributed by atoms with van der Waals surface area (Å²) in [5, 5.41) is 9.12. The summed E-state index contributed by atoms with van der Waals surface area (Å²) in [7, 11) is 0. The Hall–Kier alpha value is -3.94. The van der Waals surface area contributed by atoms with Gasteiger partial charge in [0.1, 0.15) is 11.3 Å². The van der Waals surface area contributed by atoms with Gasteiger partial charge in [-0.05, 0) is 36.8 Å². The topological polar surface area (TPSA) is 113 Å². The van der Waals surface area contributed by atoms with Crippen LogP contribution in [-0.4, -0.2) is 26.9 Å². The highest BCUT2D eigenvalue weighted by atomic mass is 16.5. The number of aryl methyl sites for hydroxylation is 1. The summed E-state index contributed by atoms with van der Waals surface area (Å²) in [5.74, 6) is 0.389. The molecule has 2 heterocycles. The molecule has 0 aliphatic heterocycles. The molecule has 0 bridgehead atoms. The monoisotopic (exact) mass is 375 g/mol. The van der Waals surface area contributed by atoms with Gasteiger partial charge in [-0.15, -0.1) is 0 Å². The first kappa shape index (κ1) is 17.5. The summed E-state index contributed by atoms with van der Waals surface area (Å²) in [6, 6.07) is 14.6. The van der Waals surface area contributed by atoms with Crippen molar-refractivity contribution < 1.29 is 14.1 Å². The zero-order chi connectivity index (χ0) is 19.5. The number of amides is 2. The van der Waals surface area contributed by atoms with E-state index in [1.54, 1.807) is 31.2 Å². The highest BCUT2D eigenvalue weighted by molar-refractivity contribution is 6.04. The maximum atomic E-state index is 12.3. The lowest BCUT2D eigenvalue weighted by Crippen LogP contribution is -2.15. The number of anilines is 2. The second kappa shape index (κ2) is 7.36. The third-order valence-corrected chi connectivity index (χ3v) is 4.22. The molecule has 0 radical (unpaired) electrons. The summed E-state index contributed by atoms with van der Waals surface area (Å²) in [6.07, 6.45) is 1.57. The lowest BCUT2D eigenvalue weighted by Gasteiger charge is -2.06. The molecule has 0 saturated heterocycles. The highest BCUT2D eigenvalue weighted by Crippen LogP contribution is 2.15. The molecule has 8 heteroatoms. The fourth-order valence-electron chi connectivity index (χ4n) is 2.79. The molecule has 28 heavy (non-hydrogen) atoms. The molecule has 8 nitrogen and oxygen atoms in total. The van der Waals surface area contributed by atoms with E-state index in [1.165, 1.54) is 6.20 Å². The van der Waals surface area contributed by atoms with Gasteiger partial charge in [0.2, 0.25) is 11.9 Å². The molecule has 140 valence electrons. The third kappa shape index (κ3) is 3.75. The molecule has 3 N–H and O–H groups in total. The quantitative estimate of drug-likeness (QED) is 0.495. The standard InChI is InChI=1S/C20H17N5O3/c1-12-15(11-21-28-12)19(27)22-14-8-6-13(7-9-14)10-18(26)25-20-23-16-4-2-3-5-17(16)24-20/h2-9,11H,10H2,1H3,(H,22,27)(H2,23,24,25,26). The maximum absolute atomic E-state index is 12.3. The Balaban J connectivity index is 1.36. The van der Waals surface area contributed by atoms with Gasteiger partial charge in [0.05, 0.1) is 23.7 Å². The van der Waals surface area contributed by atoms with Crippen molar-refractivity contribution >= 4 is 34.5 Å². The number of fused-ring (bicyclic) bond motifs is 1. The predicted molar refractivity (Wildman–Crippen MR) is 104 cm³/mol. The minimum Gasteiger partial charge on any atom is -0.361 e. The molecular weight excluding hydrogens is 358 g/mol. The number of hydrogen-bond acceptors (Lipinski definition) is 5. The van der Waals surface area contributed by atoms with Crippen molar-refractivity contribution in [2.24, 2.45) is 0 Å². The number of imidazole rings is 1. The van der Waals surface area contributed by atoms with Gasteiger partial charge in [-0.25, -0.2) is 4.98 Å². The number of H-pyrrole nitrogens is 1. The van der Waals surface area contributed by atoms with E-state index in [-0.39, 0.29) is 18.2 Å². The van der Waals surface area contributed by atoms with Gasteiger partial charge in [0.15, 0.2) is 0 Å². The molecule has 2 amide bonds. The van der Waals surface area contributed by atoms with E-state index in [1.807, 2.05) is 24.3 Å². The number of hydrogen-bond donors (Lipinski definition) is 3. The fourth-order valence-corrected chi connectivity index (χ4v) is 2.79. The number of carbonyl (C=O) groups excluding carboxylic acids is 2. The molecule has 4 aromatic rings. The van der Waals surface area contributed by atoms with Gasteiger partial charge in [-0.3, -0.25) is 14.9 Å².